The summed E-state index contributed by atoms with van der Waals surface area (Å²) in [5.74, 6) is -1.03. The van der Waals surface area contributed by atoms with Crippen molar-refractivity contribution in [2.75, 3.05) is 0 Å². The minimum atomic E-state index is -1.06. The molecule has 2 aromatic rings. The SMILES string of the molecule is O=C(O)c1ccc(Cl)cc1-c1ccccc1O. The van der Waals surface area contributed by atoms with Crippen LogP contribution in [0.5, 0.6) is 5.75 Å². The molecule has 17 heavy (non-hydrogen) atoms. The van der Waals surface area contributed by atoms with Crippen LogP contribution >= 0.6 is 11.6 Å². The molecule has 0 saturated carbocycles. The lowest BCUT2D eigenvalue weighted by Gasteiger charge is -2.08. The quantitative estimate of drug-likeness (QED) is 0.856. The molecule has 3 nitrogen and oxygen atoms in total. The van der Waals surface area contributed by atoms with E-state index in [0.29, 0.717) is 16.1 Å². The Morgan fingerprint density at radius 1 is 1.06 bits per heavy atom. The summed E-state index contributed by atoms with van der Waals surface area (Å²) in [5, 5.41) is 19.2. The van der Waals surface area contributed by atoms with Crippen LogP contribution in [-0.4, -0.2) is 16.2 Å². The molecule has 0 bridgehead atoms. The molecule has 86 valence electrons. The second-order valence-electron chi connectivity index (χ2n) is 3.51. The van der Waals surface area contributed by atoms with Gasteiger partial charge in [-0.15, -0.1) is 0 Å². The summed E-state index contributed by atoms with van der Waals surface area (Å²) in [7, 11) is 0. The number of para-hydroxylation sites is 1. The highest BCUT2D eigenvalue weighted by atomic mass is 35.5. The van der Waals surface area contributed by atoms with Crippen molar-refractivity contribution in [3.05, 3.63) is 53.1 Å². The van der Waals surface area contributed by atoms with Crippen molar-refractivity contribution in [1.82, 2.24) is 0 Å². The van der Waals surface area contributed by atoms with E-state index in [1.807, 2.05) is 0 Å². The molecule has 0 fully saturated rings. The van der Waals surface area contributed by atoms with Gasteiger partial charge in [0, 0.05) is 16.1 Å². The maximum Gasteiger partial charge on any atom is 0.336 e. The highest BCUT2D eigenvalue weighted by Gasteiger charge is 2.14. The van der Waals surface area contributed by atoms with Gasteiger partial charge >= 0.3 is 5.97 Å². The van der Waals surface area contributed by atoms with E-state index < -0.39 is 5.97 Å². The Morgan fingerprint density at radius 3 is 2.41 bits per heavy atom. The molecular formula is C13H9ClO3. The minimum Gasteiger partial charge on any atom is -0.507 e. The monoisotopic (exact) mass is 248 g/mol. The number of carboxylic acid groups (broad SMARTS) is 1. The van der Waals surface area contributed by atoms with Gasteiger partial charge in [0.05, 0.1) is 5.56 Å². The predicted octanol–water partition coefficient (Wildman–Crippen LogP) is 3.41. The van der Waals surface area contributed by atoms with Crippen LogP contribution in [0, 0.1) is 0 Å². The highest BCUT2D eigenvalue weighted by molar-refractivity contribution is 6.31. The smallest absolute Gasteiger partial charge is 0.336 e. The Morgan fingerprint density at radius 2 is 1.76 bits per heavy atom. The largest absolute Gasteiger partial charge is 0.507 e. The van der Waals surface area contributed by atoms with Gasteiger partial charge in [-0.05, 0) is 24.3 Å². The van der Waals surface area contributed by atoms with Crippen molar-refractivity contribution in [3.63, 3.8) is 0 Å². The molecule has 0 unspecified atom stereocenters. The van der Waals surface area contributed by atoms with Crippen molar-refractivity contribution in [2.45, 2.75) is 0 Å². The average molecular weight is 249 g/mol. The molecule has 0 atom stereocenters. The Kier molecular flexibility index (Phi) is 3.02. The Labute approximate surface area is 103 Å². The molecule has 0 spiro atoms. The van der Waals surface area contributed by atoms with Crippen LogP contribution in [0.4, 0.5) is 0 Å². The van der Waals surface area contributed by atoms with Gasteiger partial charge in [0.25, 0.3) is 0 Å². The minimum absolute atomic E-state index is 0.0252. The van der Waals surface area contributed by atoms with E-state index in [-0.39, 0.29) is 11.3 Å². The summed E-state index contributed by atoms with van der Waals surface area (Å²) in [4.78, 5) is 11.1. The molecule has 0 aliphatic heterocycles. The molecule has 4 heteroatoms. The first-order valence-electron chi connectivity index (χ1n) is 4.91. The Bertz CT molecular complexity index is 579. The second-order valence-corrected chi connectivity index (χ2v) is 3.95. The molecule has 2 aromatic carbocycles. The van der Waals surface area contributed by atoms with E-state index in [1.54, 1.807) is 18.2 Å². The topological polar surface area (TPSA) is 57.5 Å². The zero-order valence-electron chi connectivity index (χ0n) is 8.72. The van der Waals surface area contributed by atoms with Crippen molar-refractivity contribution in [1.29, 1.82) is 0 Å². The van der Waals surface area contributed by atoms with Gasteiger partial charge in [0.2, 0.25) is 0 Å². The number of aromatic hydroxyl groups is 1. The van der Waals surface area contributed by atoms with Crippen molar-refractivity contribution < 1.29 is 15.0 Å². The van der Waals surface area contributed by atoms with Gasteiger partial charge in [-0.25, -0.2) is 4.79 Å². The molecule has 0 saturated heterocycles. The van der Waals surface area contributed by atoms with E-state index in [1.165, 1.54) is 24.3 Å². The summed E-state index contributed by atoms with van der Waals surface area (Å²) in [5.41, 5.74) is 0.964. The number of benzene rings is 2. The van der Waals surface area contributed by atoms with Gasteiger partial charge in [-0.3, -0.25) is 0 Å². The number of hydrogen-bond donors (Lipinski definition) is 2. The van der Waals surface area contributed by atoms with E-state index in [0.717, 1.165) is 0 Å². The number of phenols is 1. The first kappa shape index (κ1) is 11.5. The van der Waals surface area contributed by atoms with E-state index in [4.69, 9.17) is 16.7 Å². The second kappa shape index (κ2) is 4.47. The van der Waals surface area contributed by atoms with Crippen LogP contribution in [0.2, 0.25) is 5.02 Å². The Balaban J connectivity index is 2.70. The van der Waals surface area contributed by atoms with Crippen molar-refractivity contribution in [2.24, 2.45) is 0 Å². The van der Waals surface area contributed by atoms with E-state index in [9.17, 15) is 9.90 Å². The summed E-state index contributed by atoms with van der Waals surface area (Å²) in [6.07, 6.45) is 0. The lowest BCUT2D eigenvalue weighted by atomic mass is 9.99. The summed E-state index contributed by atoms with van der Waals surface area (Å²) in [6, 6.07) is 11.0. The van der Waals surface area contributed by atoms with Gasteiger partial charge < -0.3 is 10.2 Å². The third-order valence-corrected chi connectivity index (χ3v) is 2.64. The molecule has 0 aliphatic rings. The lowest BCUT2D eigenvalue weighted by molar-refractivity contribution is 0.0698. The predicted molar refractivity (Wildman–Crippen MR) is 65.5 cm³/mol. The van der Waals surface area contributed by atoms with Crippen LogP contribution in [0.1, 0.15) is 10.4 Å². The number of rotatable bonds is 2. The number of aromatic carboxylic acids is 1. The number of halogens is 1. The number of hydrogen-bond acceptors (Lipinski definition) is 2. The highest BCUT2D eigenvalue weighted by Crippen LogP contribution is 2.33. The molecule has 0 aromatic heterocycles. The van der Waals surface area contributed by atoms with Crippen LogP contribution in [0.25, 0.3) is 11.1 Å². The van der Waals surface area contributed by atoms with Crippen LogP contribution in [-0.2, 0) is 0 Å². The summed E-state index contributed by atoms with van der Waals surface area (Å²) < 4.78 is 0. The van der Waals surface area contributed by atoms with Crippen molar-refractivity contribution in [3.8, 4) is 16.9 Å². The normalized spacial score (nSPS) is 10.2. The lowest BCUT2D eigenvalue weighted by Crippen LogP contribution is -1.99. The zero-order valence-corrected chi connectivity index (χ0v) is 9.48. The van der Waals surface area contributed by atoms with Gasteiger partial charge in [-0.1, -0.05) is 29.8 Å². The maximum atomic E-state index is 11.1. The molecule has 0 amide bonds. The van der Waals surface area contributed by atoms with Gasteiger partial charge in [0.1, 0.15) is 5.75 Å². The first-order valence-corrected chi connectivity index (χ1v) is 5.28. The first-order chi connectivity index (χ1) is 8.09. The molecule has 0 aliphatic carbocycles. The molecule has 0 heterocycles. The maximum absolute atomic E-state index is 11.1. The van der Waals surface area contributed by atoms with Crippen LogP contribution < -0.4 is 0 Å². The van der Waals surface area contributed by atoms with Crippen LogP contribution in [0.15, 0.2) is 42.5 Å². The van der Waals surface area contributed by atoms with E-state index >= 15 is 0 Å². The fraction of sp³-hybridized carbons (Fsp3) is 0. The van der Waals surface area contributed by atoms with Crippen LogP contribution in [0.3, 0.4) is 0 Å². The fourth-order valence-corrected chi connectivity index (χ4v) is 1.80. The van der Waals surface area contributed by atoms with Gasteiger partial charge in [-0.2, -0.15) is 0 Å². The van der Waals surface area contributed by atoms with E-state index in [2.05, 4.69) is 0 Å². The Hall–Kier alpha value is -2.00. The average Bonchev–Trinajstić information content (AvgIpc) is 2.29. The number of phenolic OH excluding ortho intramolecular Hbond substituents is 1. The molecule has 2 rings (SSSR count). The van der Waals surface area contributed by atoms with Crippen molar-refractivity contribution >= 4 is 17.6 Å². The van der Waals surface area contributed by atoms with Gasteiger partial charge in [0.15, 0.2) is 0 Å². The molecule has 0 radical (unpaired) electrons. The number of carbonyl (C=O) groups is 1. The summed E-state index contributed by atoms with van der Waals surface area (Å²) in [6.45, 7) is 0. The molecular weight excluding hydrogens is 240 g/mol. The summed E-state index contributed by atoms with van der Waals surface area (Å²) >= 11 is 5.85. The fourth-order valence-electron chi connectivity index (χ4n) is 1.63. The standard InChI is InChI=1S/C13H9ClO3/c14-8-5-6-10(13(16)17)11(7-8)9-3-1-2-4-12(9)15/h1-7,15H,(H,16,17). The third-order valence-electron chi connectivity index (χ3n) is 2.41. The zero-order chi connectivity index (χ0) is 12.4. The molecule has 2 N–H and O–H groups in total. The third kappa shape index (κ3) is 2.24. The number of carboxylic acids is 1.